The Kier molecular flexibility index (Phi) is 3.09. The third-order valence-electron chi connectivity index (χ3n) is 6.32. The van der Waals surface area contributed by atoms with Gasteiger partial charge in [0.05, 0.1) is 6.04 Å². The lowest BCUT2D eigenvalue weighted by Crippen LogP contribution is -2.57. The third-order valence-corrected chi connectivity index (χ3v) is 6.32. The molecule has 3 fully saturated rings. The van der Waals surface area contributed by atoms with Gasteiger partial charge in [-0.1, -0.05) is 6.92 Å². The van der Waals surface area contributed by atoms with Crippen LogP contribution in [0.2, 0.25) is 0 Å². The van der Waals surface area contributed by atoms with E-state index in [0.717, 1.165) is 25.7 Å². The van der Waals surface area contributed by atoms with Crippen LogP contribution >= 0.6 is 0 Å². The monoisotopic (exact) mass is 316 g/mol. The summed E-state index contributed by atoms with van der Waals surface area (Å²) in [6.07, 6.45) is 7.65. The van der Waals surface area contributed by atoms with E-state index in [9.17, 15) is 9.59 Å². The van der Waals surface area contributed by atoms with E-state index in [1.807, 2.05) is 18.1 Å². The van der Waals surface area contributed by atoms with Crippen molar-refractivity contribution in [2.75, 3.05) is 6.54 Å². The van der Waals surface area contributed by atoms with E-state index in [2.05, 4.69) is 16.8 Å². The van der Waals surface area contributed by atoms with Gasteiger partial charge in [0.1, 0.15) is 0 Å². The van der Waals surface area contributed by atoms with Crippen molar-refractivity contribution >= 4 is 11.8 Å². The molecule has 23 heavy (non-hydrogen) atoms. The first-order valence-corrected chi connectivity index (χ1v) is 8.50. The van der Waals surface area contributed by atoms with E-state index in [-0.39, 0.29) is 35.4 Å². The van der Waals surface area contributed by atoms with Gasteiger partial charge >= 0.3 is 0 Å². The van der Waals surface area contributed by atoms with Crippen LogP contribution in [0.1, 0.15) is 50.1 Å². The summed E-state index contributed by atoms with van der Waals surface area (Å²) in [5.74, 6) is 0.651. The number of carbonyl (C=O) groups is 2. The van der Waals surface area contributed by atoms with Crippen LogP contribution in [0.4, 0.5) is 0 Å². The molecule has 1 aliphatic carbocycles. The van der Waals surface area contributed by atoms with Crippen molar-refractivity contribution in [1.82, 2.24) is 19.4 Å². The van der Waals surface area contributed by atoms with E-state index in [0.29, 0.717) is 12.4 Å². The zero-order valence-electron chi connectivity index (χ0n) is 14.0. The molecule has 4 atom stereocenters. The van der Waals surface area contributed by atoms with Crippen molar-refractivity contribution in [2.24, 2.45) is 12.5 Å². The maximum absolute atomic E-state index is 13.1. The van der Waals surface area contributed by atoms with Gasteiger partial charge in [-0.15, -0.1) is 0 Å². The normalized spacial score (nSPS) is 35.5. The molecule has 3 heterocycles. The number of aryl methyl sites for hydroxylation is 1. The van der Waals surface area contributed by atoms with Crippen LogP contribution in [0, 0.1) is 5.41 Å². The predicted molar refractivity (Wildman–Crippen MR) is 84.7 cm³/mol. The molecule has 124 valence electrons. The lowest BCUT2D eigenvalue weighted by Gasteiger charge is -2.49. The van der Waals surface area contributed by atoms with Crippen LogP contribution in [-0.4, -0.2) is 55.8 Å². The second kappa shape index (κ2) is 4.82. The van der Waals surface area contributed by atoms with Crippen molar-refractivity contribution in [3.05, 3.63) is 18.2 Å². The standard InChI is InChI=1S/C17H24N4O2/c1-11(22)20-10-12-9-17(2)13(20)5-4-6-14(17)21(12)16(23)15-18-7-8-19(15)3/h7-8,12-14H,4-6,9-10H2,1-3H3/t12-,13+,14-,17+/m0/s1. The van der Waals surface area contributed by atoms with Crippen molar-refractivity contribution in [3.8, 4) is 0 Å². The highest BCUT2D eigenvalue weighted by atomic mass is 16.2. The molecule has 2 saturated heterocycles. The van der Waals surface area contributed by atoms with Gasteiger partial charge in [-0.25, -0.2) is 4.98 Å². The Labute approximate surface area is 136 Å². The molecular formula is C17H24N4O2. The molecule has 0 radical (unpaired) electrons. The number of piperidine rings is 1. The number of aromatic nitrogens is 2. The van der Waals surface area contributed by atoms with Crippen molar-refractivity contribution in [3.63, 3.8) is 0 Å². The molecule has 6 nitrogen and oxygen atoms in total. The molecule has 0 aromatic carbocycles. The van der Waals surface area contributed by atoms with Crippen molar-refractivity contribution < 1.29 is 9.59 Å². The smallest absolute Gasteiger partial charge is 0.290 e. The maximum Gasteiger partial charge on any atom is 0.290 e. The first kappa shape index (κ1) is 14.7. The summed E-state index contributed by atoms with van der Waals surface area (Å²) >= 11 is 0. The van der Waals surface area contributed by atoms with Gasteiger partial charge in [-0.05, 0) is 25.7 Å². The second-order valence-corrected chi connectivity index (χ2v) is 7.57. The lowest BCUT2D eigenvalue weighted by molar-refractivity contribution is -0.137. The van der Waals surface area contributed by atoms with Crippen LogP contribution < -0.4 is 0 Å². The molecule has 2 amide bonds. The topological polar surface area (TPSA) is 58.4 Å². The fourth-order valence-electron chi connectivity index (χ4n) is 5.34. The minimum atomic E-state index is 0.0160. The van der Waals surface area contributed by atoms with Crippen LogP contribution in [0.5, 0.6) is 0 Å². The lowest BCUT2D eigenvalue weighted by atomic mass is 9.66. The number of hydrogen-bond donors (Lipinski definition) is 0. The van der Waals surface area contributed by atoms with Crippen LogP contribution in [-0.2, 0) is 11.8 Å². The van der Waals surface area contributed by atoms with E-state index >= 15 is 0 Å². The Hall–Kier alpha value is -1.85. The average molecular weight is 316 g/mol. The first-order chi connectivity index (χ1) is 10.9. The minimum absolute atomic E-state index is 0.0160. The minimum Gasteiger partial charge on any atom is -0.337 e. The Bertz CT molecular complexity index is 669. The van der Waals surface area contributed by atoms with E-state index in [1.165, 1.54) is 0 Å². The zero-order chi connectivity index (χ0) is 16.4. The van der Waals surface area contributed by atoms with Gasteiger partial charge < -0.3 is 14.4 Å². The molecule has 2 aliphatic heterocycles. The summed E-state index contributed by atoms with van der Waals surface area (Å²) in [5.41, 5.74) is 0.0215. The number of likely N-dealkylation sites (tertiary alicyclic amines) is 2. The number of imidazole rings is 1. The molecule has 0 unspecified atom stereocenters. The number of nitrogens with zero attached hydrogens (tertiary/aromatic N) is 4. The van der Waals surface area contributed by atoms with Gasteiger partial charge in [0.15, 0.2) is 5.82 Å². The van der Waals surface area contributed by atoms with Crippen molar-refractivity contribution in [1.29, 1.82) is 0 Å². The highest BCUT2D eigenvalue weighted by Crippen LogP contribution is 2.54. The molecular weight excluding hydrogens is 292 g/mol. The Morgan fingerprint density at radius 1 is 1.30 bits per heavy atom. The van der Waals surface area contributed by atoms with E-state index in [1.54, 1.807) is 17.7 Å². The largest absolute Gasteiger partial charge is 0.337 e. The number of hydrogen-bond acceptors (Lipinski definition) is 3. The highest BCUT2D eigenvalue weighted by molar-refractivity contribution is 5.92. The number of carbonyl (C=O) groups excluding carboxylic acids is 2. The molecule has 6 heteroatoms. The van der Waals surface area contributed by atoms with Gasteiger partial charge in [0.2, 0.25) is 5.91 Å². The van der Waals surface area contributed by atoms with E-state index in [4.69, 9.17) is 0 Å². The summed E-state index contributed by atoms with van der Waals surface area (Å²) in [6.45, 7) is 4.60. The SMILES string of the molecule is CC(=O)N1C[C@@H]2C[C@@]3(C)[C@H](CCC[C@@H]13)N2C(=O)c1nccn1C. The van der Waals surface area contributed by atoms with Crippen LogP contribution in [0.3, 0.4) is 0 Å². The highest BCUT2D eigenvalue weighted by Gasteiger charge is 2.61. The molecule has 1 aromatic heterocycles. The molecule has 1 saturated carbocycles. The average Bonchev–Trinajstić information content (AvgIpc) is 3.04. The van der Waals surface area contributed by atoms with Crippen LogP contribution in [0.15, 0.2) is 12.4 Å². The second-order valence-electron chi connectivity index (χ2n) is 7.57. The molecule has 1 aromatic rings. The fraction of sp³-hybridized carbons (Fsp3) is 0.706. The van der Waals surface area contributed by atoms with E-state index < -0.39 is 0 Å². The summed E-state index contributed by atoms with van der Waals surface area (Å²) in [7, 11) is 1.86. The summed E-state index contributed by atoms with van der Waals surface area (Å²) in [6, 6.07) is 0.612. The van der Waals surface area contributed by atoms with Gasteiger partial charge in [0.25, 0.3) is 5.91 Å². The number of fused-ring (bicyclic) bond motifs is 1. The maximum atomic E-state index is 13.1. The first-order valence-electron chi connectivity index (χ1n) is 8.50. The van der Waals surface area contributed by atoms with Crippen LogP contribution in [0.25, 0.3) is 0 Å². The quantitative estimate of drug-likeness (QED) is 0.787. The Balaban J connectivity index is 1.74. The predicted octanol–water partition coefficient (Wildman–Crippen LogP) is 1.42. The summed E-state index contributed by atoms with van der Waals surface area (Å²) in [4.78, 5) is 33.6. The summed E-state index contributed by atoms with van der Waals surface area (Å²) in [5, 5.41) is 0. The number of rotatable bonds is 1. The Morgan fingerprint density at radius 2 is 2.04 bits per heavy atom. The number of amides is 2. The Morgan fingerprint density at radius 3 is 2.70 bits per heavy atom. The molecule has 2 bridgehead atoms. The molecule has 0 spiro atoms. The van der Waals surface area contributed by atoms with Crippen molar-refractivity contribution in [2.45, 2.75) is 57.7 Å². The summed E-state index contributed by atoms with van der Waals surface area (Å²) < 4.78 is 1.79. The zero-order valence-corrected chi connectivity index (χ0v) is 14.0. The molecule has 0 N–H and O–H groups in total. The molecule has 3 aliphatic rings. The van der Waals surface area contributed by atoms with Gasteiger partial charge in [-0.2, -0.15) is 0 Å². The molecule has 4 rings (SSSR count). The van der Waals surface area contributed by atoms with Gasteiger partial charge in [0, 0.05) is 50.4 Å². The third kappa shape index (κ3) is 1.90. The fourth-order valence-corrected chi connectivity index (χ4v) is 5.34. The van der Waals surface area contributed by atoms with Gasteiger partial charge in [-0.3, -0.25) is 9.59 Å².